The van der Waals surface area contributed by atoms with Crippen LogP contribution in [0.4, 0.5) is 0 Å². The van der Waals surface area contributed by atoms with Gasteiger partial charge in [-0.2, -0.15) is 0 Å². The molecule has 0 spiro atoms. The number of fused-ring (bicyclic) bond motifs is 1. The van der Waals surface area contributed by atoms with E-state index < -0.39 is 0 Å². The minimum Gasteiger partial charge on any atom is -0.302 e. The molecule has 0 N–H and O–H groups in total. The predicted molar refractivity (Wildman–Crippen MR) is 107 cm³/mol. The van der Waals surface area contributed by atoms with Crippen LogP contribution in [0.25, 0.3) is 21.3 Å². The van der Waals surface area contributed by atoms with E-state index in [9.17, 15) is 9.59 Å². The first kappa shape index (κ1) is 16.9. The third-order valence-corrected chi connectivity index (χ3v) is 6.23. The van der Waals surface area contributed by atoms with E-state index in [2.05, 4.69) is 4.98 Å². The van der Waals surface area contributed by atoms with Gasteiger partial charge in [0.2, 0.25) is 0 Å². The lowest BCUT2D eigenvalue weighted by atomic mass is 10.1. The van der Waals surface area contributed by atoms with Crippen LogP contribution < -0.4 is 10.4 Å². The zero-order valence-electron chi connectivity index (χ0n) is 14.4. The summed E-state index contributed by atoms with van der Waals surface area (Å²) < 4.78 is 3.28. The summed E-state index contributed by atoms with van der Waals surface area (Å²) in [5.41, 5.74) is 3.97. The van der Waals surface area contributed by atoms with Crippen LogP contribution in [0.1, 0.15) is 11.3 Å². The van der Waals surface area contributed by atoms with Gasteiger partial charge in [0.25, 0.3) is 5.56 Å². The second kappa shape index (κ2) is 6.66. The minimum absolute atomic E-state index is 0.000430. The zero-order valence-corrected chi connectivity index (χ0v) is 16.1. The molecule has 0 aliphatic carbocycles. The van der Waals surface area contributed by atoms with Crippen LogP contribution in [-0.4, -0.2) is 14.1 Å². The van der Waals surface area contributed by atoms with Crippen molar-refractivity contribution in [2.24, 2.45) is 0 Å². The Morgan fingerprint density at radius 2 is 1.77 bits per heavy atom. The Labute approximate surface area is 157 Å². The monoisotopic (exact) mass is 383 g/mol. The summed E-state index contributed by atoms with van der Waals surface area (Å²) in [5.74, 6) is 0. The normalized spacial score (nSPS) is 11.3. The van der Waals surface area contributed by atoms with Gasteiger partial charge in [-0.3, -0.25) is 14.2 Å². The lowest BCUT2D eigenvalue weighted by Gasteiger charge is -2.08. The van der Waals surface area contributed by atoms with E-state index in [0.717, 1.165) is 21.7 Å². The molecule has 3 aromatic heterocycles. The fraction of sp³-hybridized carbons (Fsp3) is 0.211. The highest BCUT2D eigenvalue weighted by Crippen LogP contribution is 2.30. The average molecular weight is 383 g/mol. The van der Waals surface area contributed by atoms with Gasteiger partial charge in [-0.1, -0.05) is 41.2 Å². The van der Waals surface area contributed by atoms with Crippen LogP contribution in [0, 0.1) is 13.8 Å². The maximum atomic E-state index is 13.0. The van der Waals surface area contributed by atoms with Crippen LogP contribution in [0.15, 0.2) is 50.9 Å². The molecule has 26 heavy (non-hydrogen) atoms. The summed E-state index contributed by atoms with van der Waals surface area (Å²) in [4.78, 5) is 30.1. The van der Waals surface area contributed by atoms with Gasteiger partial charge in [0.15, 0.2) is 0 Å². The lowest BCUT2D eigenvalue weighted by molar-refractivity contribution is 0.549. The minimum atomic E-state index is -0.0623. The van der Waals surface area contributed by atoms with Gasteiger partial charge in [-0.15, -0.1) is 11.3 Å². The number of benzene rings is 1. The largest absolute Gasteiger partial charge is 0.307 e. The third kappa shape index (κ3) is 2.93. The summed E-state index contributed by atoms with van der Waals surface area (Å²) in [6, 6.07) is 8.14. The van der Waals surface area contributed by atoms with Crippen LogP contribution in [0.5, 0.6) is 0 Å². The van der Waals surface area contributed by atoms with Crippen molar-refractivity contribution in [3.63, 3.8) is 0 Å². The Balaban J connectivity index is 1.74. The van der Waals surface area contributed by atoms with Crippen molar-refractivity contribution in [3.8, 4) is 11.1 Å². The molecule has 4 aromatic rings. The number of thiophene rings is 1. The van der Waals surface area contributed by atoms with E-state index in [0.29, 0.717) is 18.5 Å². The molecule has 1 aromatic carbocycles. The smallest absolute Gasteiger partial charge is 0.302 e. The molecule has 0 atom stereocenters. The number of nitrogens with zero attached hydrogens (tertiary/aromatic N) is 3. The maximum Gasteiger partial charge on any atom is 0.307 e. The molecule has 0 aliphatic rings. The van der Waals surface area contributed by atoms with Crippen LogP contribution in [0.2, 0.25) is 0 Å². The van der Waals surface area contributed by atoms with Gasteiger partial charge in [-0.05, 0) is 19.4 Å². The molecule has 0 radical (unpaired) electrons. The average Bonchev–Trinajstić information content (AvgIpc) is 3.20. The molecule has 0 bridgehead atoms. The molecule has 3 heterocycles. The number of thiazole rings is 1. The molecule has 132 valence electrons. The van der Waals surface area contributed by atoms with E-state index >= 15 is 0 Å². The molecule has 7 heteroatoms. The van der Waals surface area contributed by atoms with Crippen molar-refractivity contribution >= 4 is 32.9 Å². The number of aryl methyl sites for hydroxylation is 3. The fourth-order valence-corrected chi connectivity index (χ4v) is 4.62. The van der Waals surface area contributed by atoms with Crippen LogP contribution in [0.3, 0.4) is 0 Å². The SMILES string of the molecule is Cc1ccc(-c2csc3ncn(CCn4c(C)csc4=O)c(=O)c23)cc1. The van der Waals surface area contributed by atoms with Crippen molar-refractivity contribution < 1.29 is 0 Å². The number of hydrogen-bond donors (Lipinski definition) is 0. The Morgan fingerprint density at radius 3 is 2.46 bits per heavy atom. The lowest BCUT2D eigenvalue weighted by Crippen LogP contribution is -2.25. The summed E-state index contributed by atoms with van der Waals surface area (Å²) in [5, 5.41) is 4.47. The highest BCUT2D eigenvalue weighted by atomic mass is 32.1. The topological polar surface area (TPSA) is 56.9 Å². The molecule has 4 rings (SSSR count). The maximum absolute atomic E-state index is 13.0. The molecule has 0 saturated carbocycles. The van der Waals surface area contributed by atoms with Crippen molar-refractivity contribution in [3.05, 3.63) is 72.6 Å². The summed E-state index contributed by atoms with van der Waals surface area (Å²) in [7, 11) is 0. The molecular weight excluding hydrogens is 366 g/mol. The Hall–Kier alpha value is -2.51. The Morgan fingerprint density at radius 1 is 1.00 bits per heavy atom. The van der Waals surface area contributed by atoms with Crippen molar-refractivity contribution in [2.45, 2.75) is 26.9 Å². The Kier molecular flexibility index (Phi) is 4.34. The first-order chi connectivity index (χ1) is 12.5. The van der Waals surface area contributed by atoms with Crippen LogP contribution >= 0.6 is 22.7 Å². The molecule has 0 aliphatic heterocycles. The highest BCUT2D eigenvalue weighted by molar-refractivity contribution is 7.17. The molecule has 0 fully saturated rings. The first-order valence-electron chi connectivity index (χ1n) is 8.23. The highest BCUT2D eigenvalue weighted by Gasteiger charge is 2.13. The Bertz CT molecular complexity index is 1200. The second-order valence-electron chi connectivity index (χ2n) is 6.23. The molecule has 0 amide bonds. The molecule has 0 unspecified atom stereocenters. The van der Waals surface area contributed by atoms with Gasteiger partial charge >= 0.3 is 4.87 Å². The van der Waals surface area contributed by atoms with E-state index in [-0.39, 0.29) is 10.4 Å². The van der Waals surface area contributed by atoms with Gasteiger partial charge in [0.1, 0.15) is 4.83 Å². The van der Waals surface area contributed by atoms with Gasteiger partial charge in [0.05, 0.1) is 11.7 Å². The molecular formula is C19H17N3O2S2. The number of aromatic nitrogens is 3. The summed E-state index contributed by atoms with van der Waals surface area (Å²) >= 11 is 2.66. The molecule has 5 nitrogen and oxygen atoms in total. The van der Waals surface area contributed by atoms with E-state index in [1.807, 2.05) is 48.9 Å². The quantitative estimate of drug-likeness (QED) is 0.540. The summed E-state index contributed by atoms with van der Waals surface area (Å²) in [6.07, 6.45) is 1.58. The van der Waals surface area contributed by atoms with E-state index in [1.54, 1.807) is 15.5 Å². The summed E-state index contributed by atoms with van der Waals surface area (Å²) in [6.45, 7) is 4.82. The fourth-order valence-electron chi connectivity index (χ4n) is 2.95. The predicted octanol–water partition coefficient (Wildman–Crippen LogP) is 3.67. The first-order valence-corrected chi connectivity index (χ1v) is 9.99. The zero-order chi connectivity index (χ0) is 18.3. The molecule has 0 saturated heterocycles. The van der Waals surface area contributed by atoms with Gasteiger partial charge in [0, 0.05) is 35.1 Å². The van der Waals surface area contributed by atoms with Crippen LogP contribution in [-0.2, 0) is 13.1 Å². The third-order valence-electron chi connectivity index (χ3n) is 4.46. The number of hydrogen-bond acceptors (Lipinski definition) is 5. The number of rotatable bonds is 4. The van der Waals surface area contributed by atoms with Gasteiger partial charge in [-0.25, -0.2) is 4.98 Å². The van der Waals surface area contributed by atoms with Crippen molar-refractivity contribution in [1.82, 2.24) is 14.1 Å². The standard InChI is InChI=1S/C19H17N3O2S2/c1-12-3-5-14(6-4-12)15-10-25-17-16(15)18(23)21(11-20-17)7-8-22-13(2)9-26-19(22)24/h3-6,9-11H,7-8H2,1-2H3. The van der Waals surface area contributed by atoms with Crippen molar-refractivity contribution in [1.29, 1.82) is 0 Å². The van der Waals surface area contributed by atoms with E-state index in [1.165, 1.54) is 28.2 Å². The van der Waals surface area contributed by atoms with Crippen molar-refractivity contribution in [2.75, 3.05) is 0 Å². The van der Waals surface area contributed by atoms with E-state index in [4.69, 9.17) is 0 Å². The second-order valence-corrected chi connectivity index (χ2v) is 7.91. The van der Waals surface area contributed by atoms with Gasteiger partial charge < -0.3 is 4.57 Å².